The highest BCUT2D eigenvalue weighted by Crippen LogP contribution is 2.21. The van der Waals surface area contributed by atoms with Crippen LogP contribution in [0.5, 0.6) is 0 Å². The number of piperidine rings is 1. The van der Waals surface area contributed by atoms with Crippen LogP contribution in [-0.4, -0.2) is 40.7 Å². The largest absolute Gasteiger partial charge is 0.367 e. The SMILES string of the molecule is CC(N)C1CCN(C(=O)c2ccc(C(=O)c3cc[nH]c3)cc2)CC1. The first-order valence-electron chi connectivity index (χ1n) is 8.38. The van der Waals surface area contributed by atoms with Crippen molar-refractivity contribution in [2.24, 2.45) is 11.7 Å². The Morgan fingerprint density at radius 1 is 1.08 bits per heavy atom. The van der Waals surface area contributed by atoms with Gasteiger partial charge in [0.25, 0.3) is 5.91 Å². The Hall–Kier alpha value is -2.40. The highest BCUT2D eigenvalue weighted by atomic mass is 16.2. The minimum atomic E-state index is -0.0482. The van der Waals surface area contributed by atoms with Crippen molar-refractivity contribution in [1.82, 2.24) is 9.88 Å². The van der Waals surface area contributed by atoms with Gasteiger partial charge in [-0.1, -0.05) is 12.1 Å². The zero-order valence-electron chi connectivity index (χ0n) is 13.9. The molecule has 0 radical (unpaired) electrons. The Balaban J connectivity index is 1.65. The van der Waals surface area contributed by atoms with Crippen LogP contribution >= 0.6 is 0 Å². The highest BCUT2D eigenvalue weighted by molar-refractivity contribution is 6.09. The number of nitrogens with zero attached hydrogens (tertiary/aromatic N) is 1. The van der Waals surface area contributed by atoms with Gasteiger partial charge in [-0.3, -0.25) is 9.59 Å². The summed E-state index contributed by atoms with van der Waals surface area (Å²) < 4.78 is 0. The third-order valence-corrected chi connectivity index (χ3v) is 4.82. The van der Waals surface area contributed by atoms with Crippen LogP contribution in [-0.2, 0) is 0 Å². The Bertz CT molecular complexity index is 697. The van der Waals surface area contributed by atoms with Crippen molar-refractivity contribution < 1.29 is 9.59 Å². The monoisotopic (exact) mass is 325 g/mol. The van der Waals surface area contributed by atoms with Gasteiger partial charge in [0.15, 0.2) is 5.78 Å². The molecule has 1 unspecified atom stereocenters. The molecule has 1 atom stereocenters. The Morgan fingerprint density at radius 3 is 2.25 bits per heavy atom. The van der Waals surface area contributed by atoms with E-state index in [1.807, 2.05) is 11.8 Å². The number of ketones is 1. The third-order valence-electron chi connectivity index (χ3n) is 4.82. The molecule has 5 nitrogen and oxygen atoms in total. The van der Waals surface area contributed by atoms with Crippen LogP contribution in [0.25, 0.3) is 0 Å². The number of benzene rings is 1. The van der Waals surface area contributed by atoms with Gasteiger partial charge < -0.3 is 15.6 Å². The number of carbonyl (C=O) groups is 2. The number of carbonyl (C=O) groups excluding carboxylic acids is 2. The second-order valence-electron chi connectivity index (χ2n) is 6.49. The van der Waals surface area contributed by atoms with Crippen LogP contribution < -0.4 is 5.73 Å². The second kappa shape index (κ2) is 7.01. The van der Waals surface area contributed by atoms with Gasteiger partial charge in [-0.15, -0.1) is 0 Å². The van der Waals surface area contributed by atoms with E-state index in [9.17, 15) is 9.59 Å². The van der Waals surface area contributed by atoms with Gasteiger partial charge in [-0.25, -0.2) is 0 Å². The van der Waals surface area contributed by atoms with Crippen LogP contribution in [0.2, 0.25) is 0 Å². The molecule has 126 valence electrons. The fourth-order valence-corrected chi connectivity index (χ4v) is 3.21. The van der Waals surface area contributed by atoms with Crippen LogP contribution in [0.15, 0.2) is 42.7 Å². The van der Waals surface area contributed by atoms with Gasteiger partial charge >= 0.3 is 0 Å². The van der Waals surface area contributed by atoms with E-state index in [4.69, 9.17) is 5.73 Å². The maximum atomic E-state index is 12.6. The first-order valence-corrected chi connectivity index (χ1v) is 8.38. The summed E-state index contributed by atoms with van der Waals surface area (Å²) in [4.78, 5) is 29.6. The van der Waals surface area contributed by atoms with Crippen molar-refractivity contribution in [3.05, 3.63) is 59.4 Å². The number of likely N-dealkylation sites (tertiary alicyclic amines) is 1. The molecule has 1 aromatic carbocycles. The van der Waals surface area contributed by atoms with E-state index in [1.165, 1.54) is 0 Å². The first-order chi connectivity index (χ1) is 11.6. The molecule has 3 N–H and O–H groups in total. The molecule has 1 amide bonds. The van der Waals surface area contributed by atoms with Gasteiger partial charge in [0.1, 0.15) is 0 Å². The molecule has 1 aromatic heterocycles. The minimum absolute atomic E-state index is 0.0266. The molecule has 1 fully saturated rings. The molecule has 0 bridgehead atoms. The molecule has 2 heterocycles. The molecule has 1 saturated heterocycles. The lowest BCUT2D eigenvalue weighted by atomic mass is 9.90. The summed E-state index contributed by atoms with van der Waals surface area (Å²) >= 11 is 0. The van der Waals surface area contributed by atoms with E-state index in [1.54, 1.807) is 42.7 Å². The molecule has 1 aliphatic heterocycles. The Labute approximate surface area is 141 Å². The smallest absolute Gasteiger partial charge is 0.253 e. The predicted molar refractivity (Wildman–Crippen MR) is 92.9 cm³/mol. The summed E-state index contributed by atoms with van der Waals surface area (Å²) in [5.74, 6) is 0.474. The van der Waals surface area contributed by atoms with E-state index >= 15 is 0 Å². The molecule has 3 rings (SSSR count). The minimum Gasteiger partial charge on any atom is -0.367 e. The van der Waals surface area contributed by atoms with E-state index in [0.29, 0.717) is 22.6 Å². The van der Waals surface area contributed by atoms with Gasteiger partial charge in [0, 0.05) is 48.2 Å². The summed E-state index contributed by atoms with van der Waals surface area (Å²) in [7, 11) is 0. The lowest BCUT2D eigenvalue weighted by molar-refractivity contribution is 0.0680. The van der Waals surface area contributed by atoms with E-state index in [2.05, 4.69) is 4.98 Å². The molecule has 2 aromatic rings. The number of nitrogens with one attached hydrogen (secondary N) is 1. The predicted octanol–water partition coefficient (Wildman–Crippen LogP) is 2.45. The zero-order valence-corrected chi connectivity index (χ0v) is 13.9. The van der Waals surface area contributed by atoms with E-state index in [-0.39, 0.29) is 17.7 Å². The Morgan fingerprint density at radius 2 is 1.71 bits per heavy atom. The number of hydrogen-bond acceptors (Lipinski definition) is 3. The lowest BCUT2D eigenvalue weighted by Crippen LogP contribution is -2.42. The fourth-order valence-electron chi connectivity index (χ4n) is 3.21. The van der Waals surface area contributed by atoms with Crippen LogP contribution in [0, 0.1) is 5.92 Å². The number of amides is 1. The van der Waals surface area contributed by atoms with E-state index < -0.39 is 0 Å². The molecule has 24 heavy (non-hydrogen) atoms. The van der Waals surface area contributed by atoms with Crippen molar-refractivity contribution in [2.45, 2.75) is 25.8 Å². The number of nitrogens with two attached hydrogens (primary N) is 1. The summed E-state index contributed by atoms with van der Waals surface area (Å²) in [6, 6.07) is 8.83. The number of rotatable bonds is 4. The normalized spacial score (nSPS) is 16.8. The average molecular weight is 325 g/mol. The van der Waals surface area contributed by atoms with Crippen molar-refractivity contribution in [3.63, 3.8) is 0 Å². The molecule has 0 saturated carbocycles. The summed E-state index contributed by atoms with van der Waals surface area (Å²) in [5.41, 5.74) is 7.77. The standard InChI is InChI=1S/C19H23N3O2/c1-13(20)14-7-10-22(11-8-14)19(24)16-4-2-15(3-5-16)18(23)17-6-9-21-12-17/h2-6,9,12-14,21H,7-8,10-11,20H2,1H3. The van der Waals surface area contributed by atoms with Crippen LogP contribution in [0.1, 0.15) is 46.0 Å². The van der Waals surface area contributed by atoms with Gasteiger partial charge in [0.2, 0.25) is 0 Å². The average Bonchev–Trinajstić information content (AvgIpc) is 3.15. The Kier molecular flexibility index (Phi) is 4.81. The number of aromatic nitrogens is 1. The van der Waals surface area contributed by atoms with Crippen molar-refractivity contribution in [3.8, 4) is 0 Å². The number of hydrogen-bond donors (Lipinski definition) is 2. The first kappa shape index (κ1) is 16.5. The lowest BCUT2D eigenvalue weighted by Gasteiger charge is -2.33. The number of H-pyrrole nitrogens is 1. The third kappa shape index (κ3) is 3.41. The summed E-state index contributed by atoms with van der Waals surface area (Å²) in [5, 5.41) is 0. The van der Waals surface area contributed by atoms with Crippen molar-refractivity contribution in [1.29, 1.82) is 0 Å². The van der Waals surface area contributed by atoms with Crippen LogP contribution in [0.3, 0.4) is 0 Å². The fraction of sp³-hybridized carbons (Fsp3) is 0.368. The van der Waals surface area contributed by atoms with Gasteiger partial charge in [-0.05, 0) is 43.9 Å². The highest BCUT2D eigenvalue weighted by Gasteiger charge is 2.25. The number of aromatic amines is 1. The topological polar surface area (TPSA) is 79.2 Å². The van der Waals surface area contributed by atoms with Gasteiger partial charge in [-0.2, -0.15) is 0 Å². The molecule has 5 heteroatoms. The summed E-state index contributed by atoms with van der Waals surface area (Å²) in [6.07, 6.45) is 5.29. The quantitative estimate of drug-likeness (QED) is 0.848. The van der Waals surface area contributed by atoms with Crippen molar-refractivity contribution in [2.75, 3.05) is 13.1 Å². The maximum absolute atomic E-state index is 12.6. The molecular formula is C19H23N3O2. The zero-order chi connectivity index (χ0) is 17.1. The summed E-state index contributed by atoms with van der Waals surface area (Å²) in [6.45, 7) is 3.52. The molecular weight excluding hydrogens is 302 g/mol. The maximum Gasteiger partial charge on any atom is 0.253 e. The van der Waals surface area contributed by atoms with Crippen LogP contribution in [0.4, 0.5) is 0 Å². The van der Waals surface area contributed by atoms with E-state index in [0.717, 1.165) is 25.9 Å². The van der Waals surface area contributed by atoms with Gasteiger partial charge in [0.05, 0.1) is 0 Å². The molecule has 0 aliphatic carbocycles. The second-order valence-corrected chi connectivity index (χ2v) is 6.49. The molecule has 1 aliphatic rings. The molecule has 0 spiro atoms. The van der Waals surface area contributed by atoms with Crippen molar-refractivity contribution >= 4 is 11.7 Å².